The van der Waals surface area contributed by atoms with Crippen molar-refractivity contribution in [1.29, 1.82) is 0 Å². The average molecular weight is 360 g/mol. The summed E-state index contributed by atoms with van der Waals surface area (Å²) in [6, 6.07) is 5.53. The molecule has 2 amide bonds. The molecule has 2 aliphatic heterocycles. The fourth-order valence-electron chi connectivity index (χ4n) is 3.31. The number of anilines is 1. The summed E-state index contributed by atoms with van der Waals surface area (Å²) in [5, 5.41) is 2.80. The van der Waals surface area contributed by atoms with Gasteiger partial charge in [0, 0.05) is 13.1 Å². The first-order chi connectivity index (χ1) is 12.5. The molecule has 7 nitrogen and oxygen atoms in total. The first kappa shape index (κ1) is 18.2. The Morgan fingerprint density at radius 1 is 1.31 bits per heavy atom. The standard InChI is InChI=1S/C19H24N2O5/c1-3-25-19(24)13-6-8-21(9-7-13)17(22)11-16-18(23)20-14-10-12(2)4-5-15(14)26-16/h4-5,10,13,16H,3,6-9,11H2,1-2H3,(H,20,23). The summed E-state index contributed by atoms with van der Waals surface area (Å²) in [5.74, 6) is -0.209. The average Bonchev–Trinajstić information content (AvgIpc) is 2.63. The maximum absolute atomic E-state index is 12.5. The highest BCUT2D eigenvalue weighted by Gasteiger charge is 2.33. The molecule has 140 valence electrons. The molecular weight excluding hydrogens is 336 g/mol. The predicted molar refractivity (Wildman–Crippen MR) is 94.8 cm³/mol. The Balaban J connectivity index is 1.55. The number of hydrogen-bond donors (Lipinski definition) is 1. The molecule has 1 aromatic rings. The van der Waals surface area contributed by atoms with E-state index in [-0.39, 0.29) is 30.1 Å². The molecule has 1 atom stereocenters. The molecule has 2 aliphatic rings. The van der Waals surface area contributed by atoms with Gasteiger partial charge in [-0.3, -0.25) is 14.4 Å². The highest BCUT2D eigenvalue weighted by atomic mass is 16.5. The Labute approximate surface area is 152 Å². The van der Waals surface area contributed by atoms with E-state index in [1.54, 1.807) is 17.9 Å². The summed E-state index contributed by atoms with van der Waals surface area (Å²) in [6.07, 6.45) is 0.332. The number of aryl methyl sites for hydroxylation is 1. The number of nitrogens with one attached hydrogen (secondary N) is 1. The molecule has 0 radical (unpaired) electrons. The van der Waals surface area contributed by atoms with E-state index >= 15 is 0 Å². The number of benzene rings is 1. The first-order valence-corrected chi connectivity index (χ1v) is 9.00. The summed E-state index contributed by atoms with van der Waals surface area (Å²) in [5.41, 5.74) is 1.65. The molecule has 0 saturated carbocycles. The van der Waals surface area contributed by atoms with Crippen molar-refractivity contribution in [3.05, 3.63) is 23.8 Å². The third kappa shape index (κ3) is 3.98. The molecule has 26 heavy (non-hydrogen) atoms. The smallest absolute Gasteiger partial charge is 0.309 e. The van der Waals surface area contributed by atoms with Gasteiger partial charge in [-0.05, 0) is 44.4 Å². The Hall–Kier alpha value is -2.57. The van der Waals surface area contributed by atoms with Crippen LogP contribution in [0.5, 0.6) is 5.75 Å². The monoisotopic (exact) mass is 360 g/mol. The van der Waals surface area contributed by atoms with E-state index in [1.807, 2.05) is 19.1 Å². The molecule has 0 aliphatic carbocycles. The second-order valence-corrected chi connectivity index (χ2v) is 6.71. The number of amides is 2. The van der Waals surface area contributed by atoms with E-state index in [0.29, 0.717) is 44.0 Å². The van der Waals surface area contributed by atoms with E-state index in [4.69, 9.17) is 9.47 Å². The molecule has 1 unspecified atom stereocenters. The minimum absolute atomic E-state index is 0.0107. The zero-order valence-corrected chi connectivity index (χ0v) is 15.1. The number of likely N-dealkylation sites (tertiary alicyclic amines) is 1. The van der Waals surface area contributed by atoms with Gasteiger partial charge in [0.2, 0.25) is 5.91 Å². The van der Waals surface area contributed by atoms with Crippen molar-refractivity contribution in [2.45, 2.75) is 39.2 Å². The normalized spacial score (nSPS) is 20.0. The number of hydrogen-bond acceptors (Lipinski definition) is 5. The van der Waals surface area contributed by atoms with E-state index < -0.39 is 6.10 Å². The van der Waals surface area contributed by atoms with Crippen LogP contribution in [0.4, 0.5) is 5.69 Å². The Bertz CT molecular complexity index is 710. The Kier molecular flexibility index (Phi) is 5.44. The van der Waals surface area contributed by atoms with Crippen molar-refractivity contribution >= 4 is 23.5 Å². The lowest BCUT2D eigenvalue weighted by Crippen LogP contribution is -2.45. The zero-order chi connectivity index (χ0) is 18.7. The van der Waals surface area contributed by atoms with Crippen molar-refractivity contribution in [3.63, 3.8) is 0 Å². The van der Waals surface area contributed by atoms with Crippen LogP contribution < -0.4 is 10.1 Å². The van der Waals surface area contributed by atoms with Crippen molar-refractivity contribution in [2.75, 3.05) is 25.0 Å². The van der Waals surface area contributed by atoms with E-state index in [0.717, 1.165) is 5.56 Å². The van der Waals surface area contributed by atoms with E-state index in [1.165, 1.54) is 0 Å². The molecule has 2 heterocycles. The number of nitrogens with zero attached hydrogens (tertiary/aromatic N) is 1. The van der Waals surface area contributed by atoms with E-state index in [2.05, 4.69) is 5.32 Å². The molecule has 0 aromatic heterocycles. The van der Waals surface area contributed by atoms with E-state index in [9.17, 15) is 14.4 Å². The lowest BCUT2D eigenvalue weighted by molar-refractivity contribution is -0.151. The Morgan fingerprint density at radius 3 is 2.73 bits per heavy atom. The van der Waals surface area contributed by atoms with Gasteiger partial charge in [0.15, 0.2) is 6.10 Å². The lowest BCUT2D eigenvalue weighted by atomic mass is 9.96. The first-order valence-electron chi connectivity index (χ1n) is 9.00. The maximum Gasteiger partial charge on any atom is 0.309 e. The molecular formula is C19H24N2O5. The maximum atomic E-state index is 12.5. The molecule has 1 fully saturated rings. The van der Waals surface area contributed by atoms with Crippen LogP contribution in [-0.4, -0.2) is 48.5 Å². The van der Waals surface area contributed by atoms with Crippen molar-refractivity contribution in [1.82, 2.24) is 4.90 Å². The fraction of sp³-hybridized carbons (Fsp3) is 0.526. The molecule has 1 saturated heterocycles. The largest absolute Gasteiger partial charge is 0.478 e. The van der Waals surface area contributed by atoms with Crippen LogP contribution in [0.1, 0.15) is 31.7 Å². The van der Waals surface area contributed by atoms with Crippen molar-refractivity contribution < 1.29 is 23.9 Å². The van der Waals surface area contributed by atoms with Crippen LogP contribution in [0, 0.1) is 12.8 Å². The molecule has 1 N–H and O–H groups in total. The van der Waals surface area contributed by atoms with Gasteiger partial charge < -0.3 is 19.7 Å². The number of fused-ring (bicyclic) bond motifs is 1. The lowest BCUT2D eigenvalue weighted by Gasteiger charge is -2.32. The number of esters is 1. The van der Waals surface area contributed by atoms with Gasteiger partial charge in [-0.25, -0.2) is 0 Å². The summed E-state index contributed by atoms with van der Waals surface area (Å²) < 4.78 is 10.8. The van der Waals surface area contributed by atoms with Crippen LogP contribution in [0.2, 0.25) is 0 Å². The third-order valence-electron chi connectivity index (χ3n) is 4.78. The van der Waals surface area contributed by atoms with Gasteiger partial charge in [0.25, 0.3) is 5.91 Å². The van der Waals surface area contributed by atoms with Crippen LogP contribution in [-0.2, 0) is 19.1 Å². The summed E-state index contributed by atoms with van der Waals surface area (Å²) in [4.78, 5) is 38.2. The number of carbonyl (C=O) groups is 3. The second kappa shape index (κ2) is 7.76. The predicted octanol–water partition coefficient (Wildman–Crippen LogP) is 1.89. The highest BCUT2D eigenvalue weighted by molar-refractivity contribution is 6.00. The minimum Gasteiger partial charge on any atom is -0.478 e. The van der Waals surface area contributed by atoms with Gasteiger partial charge in [-0.15, -0.1) is 0 Å². The summed E-state index contributed by atoms with van der Waals surface area (Å²) >= 11 is 0. The van der Waals surface area contributed by atoms with Gasteiger partial charge in [-0.1, -0.05) is 6.07 Å². The van der Waals surface area contributed by atoms with Gasteiger partial charge in [-0.2, -0.15) is 0 Å². The van der Waals surface area contributed by atoms with Crippen molar-refractivity contribution in [3.8, 4) is 5.75 Å². The molecule has 3 rings (SSSR count). The number of carbonyl (C=O) groups excluding carboxylic acids is 3. The molecule has 1 aromatic carbocycles. The SMILES string of the molecule is CCOC(=O)C1CCN(C(=O)CC2Oc3ccc(C)cc3NC2=O)CC1. The van der Waals surface area contributed by atoms with Crippen LogP contribution in [0.3, 0.4) is 0 Å². The number of ether oxygens (including phenoxy) is 2. The van der Waals surface area contributed by atoms with Gasteiger partial charge >= 0.3 is 5.97 Å². The molecule has 0 bridgehead atoms. The Morgan fingerprint density at radius 2 is 2.04 bits per heavy atom. The van der Waals surface area contributed by atoms with Gasteiger partial charge in [0.05, 0.1) is 24.6 Å². The highest BCUT2D eigenvalue weighted by Crippen LogP contribution is 2.31. The van der Waals surface area contributed by atoms with Gasteiger partial charge in [0.1, 0.15) is 5.75 Å². The van der Waals surface area contributed by atoms with Crippen LogP contribution in [0.15, 0.2) is 18.2 Å². The zero-order valence-electron chi connectivity index (χ0n) is 15.1. The van der Waals surface area contributed by atoms with Crippen molar-refractivity contribution in [2.24, 2.45) is 5.92 Å². The minimum atomic E-state index is -0.833. The molecule has 0 spiro atoms. The quantitative estimate of drug-likeness (QED) is 0.829. The third-order valence-corrected chi connectivity index (χ3v) is 4.78. The second-order valence-electron chi connectivity index (χ2n) is 6.71. The summed E-state index contributed by atoms with van der Waals surface area (Å²) in [7, 11) is 0. The van der Waals surface area contributed by atoms with Crippen LogP contribution >= 0.6 is 0 Å². The number of piperidine rings is 1. The number of rotatable bonds is 4. The topological polar surface area (TPSA) is 84.9 Å². The summed E-state index contributed by atoms with van der Waals surface area (Å²) in [6.45, 7) is 5.07. The molecule has 7 heteroatoms. The fourth-order valence-corrected chi connectivity index (χ4v) is 3.31. The van der Waals surface area contributed by atoms with Crippen LogP contribution in [0.25, 0.3) is 0 Å².